The number of hydrogen-bond donors (Lipinski definition) is 3. The molecule has 0 amide bonds. The largest absolute Gasteiger partial charge is 0.383 e. The average molecular weight is 490 g/mol. The molecular weight excluding hydrogens is 454 g/mol. The van der Waals surface area contributed by atoms with Crippen LogP contribution in [0.25, 0.3) is 11.3 Å². The van der Waals surface area contributed by atoms with Crippen LogP contribution in [0.5, 0.6) is 0 Å². The summed E-state index contributed by atoms with van der Waals surface area (Å²) < 4.78 is 10.7. The van der Waals surface area contributed by atoms with E-state index in [0.29, 0.717) is 40.7 Å². The van der Waals surface area contributed by atoms with Crippen molar-refractivity contribution in [2.75, 3.05) is 44.1 Å². The zero-order chi connectivity index (χ0) is 23.8. The van der Waals surface area contributed by atoms with E-state index in [-0.39, 0.29) is 0 Å². The molecule has 186 valence electrons. The Bertz CT molecular complexity index is 905. The van der Waals surface area contributed by atoms with Crippen molar-refractivity contribution in [3.8, 4) is 11.3 Å². The quantitative estimate of drug-likeness (QED) is 0.459. The van der Waals surface area contributed by atoms with Crippen molar-refractivity contribution in [3.05, 3.63) is 23.5 Å². The molecule has 2 fully saturated rings. The van der Waals surface area contributed by atoms with Crippen molar-refractivity contribution in [2.24, 2.45) is 5.92 Å². The molecule has 2 aromatic rings. The minimum absolute atomic E-state index is 0.345. The SMILES string of the molecule is COC[C@H](C)NC1CCC(Nc2ncc(Cl)c(-c3cnnc(NCC4CCOCC4)c3)n2)CC1. The maximum absolute atomic E-state index is 6.46. The van der Waals surface area contributed by atoms with Crippen molar-refractivity contribution >= 4 is 23.4 Å². The van der Waals surface area contributed by atoms with Gasteiger partial charge in [-0.05, 0) is 57.4 Å². The number of ether oxygens (including phenoxy) is 2. The topological polar surface area (TPSA) is 106 Å². The molecule has 2 aromatic heterocycles. The predicted octanol–water partition coefficient (Wildman–Crippen LogP) is 3.77. The van der Waals surface area contributed by atoms with Gasteiger partial charge in [-0.2, -0.15) is 5.10 Å². The third kappa shape index (κ3) is 7.21. The maximum Gasteiger partial charge on any atom is 0.223 e. The zero-order valence-corrected chi connectivity index (χ0v) is 20.9. The molecule has 1 aliphatic carbocycles. The van der Waals surface area contributed by atoms with E-state index in [9.17, 15) is 0 Å². The Morgan fingerprint density at radius 1 is 1.12 bits per heavy atom. The summed E-state index contributed by atoms with van der Waals surface area (Å²) in [5.41, 5.74) is 1.48. The van der Waals surface area contributed by atoms with E-state index in [0.717, 1.165) is 76.3 Å². The molecule has 0 bridgehead atoms. The number of nitrogens with zero attached hydrogens (tertiary/aromatic N) is 4. The number of aromatic nitrogens is 4. The average Bonchev–Trinajstić information content (AvgIpc) is 2.86. The van der Waals surface area contributed by atoms with Gasteiger partial charge in [-0.3, -0.25) is 0 Å². The van der Waals surface area contributed by atoms with Crippen LogP contribution in [0.3, 0.4) is 0 Å². The molecule has 34 heavy (non-hydrogen) atoms. The lowest BCUT2D eigenvalue weighted by molar-refractivity contribution is 0.0699. The second-order valence-electron chi connectivity index (χ2n) is 9.37. The van der Waals surface area contributed by atoms with Gasteiger partial charge in [0.1, 0.15) is 5.82 Å². The third-order valence-electron chi connectivity index (χ3n) is 6.58. The molecule has 0 radical (unpaired) electrons. The van der Waals surface area contributed by atoms with Crippen molar-refractivity contribution in [1.82, 2.24) is 25.5 Å². The molecule has 0 aromatic carbocycles. The number of nitrogens with one attached hydrogen (secondary N) is 3. The van der Waals surface area contributed by atoms with Gasteiger partial charge in [0.05, 0.1) is 29.7 Å². The first-order valence-electron chi connectivity index (χ1n) is 12.3. The molecule has 1 saturated heterocycles. The first-order chi connectivity index (χ1) is 16.6. The summed E-state index contributed by atoms with van der Waals surface area (Å²) in [7, 11) is 1.74. The van der Waals surface area contributed by atoms with E-state index in [1.165, 1.54) is 0 Å². The van der Waals surface area contributed by atoms with E-state index in [1.807, 2.05) is 6.07 Å². The lowest BCUT2D eigenvalue weighted by Crippen LogP contribution is -2.43. The number of methoxy groups -OCH3 is 1. The Morgan fingerprint density at radius 2 is 1.88 bits per heavy atom. The van der Waals surface area contributed by atoms with Gasteiger partial charge >= 0.3 is 0 Å². The lowest BCUT2D eigenvalue weighted by Gasteiger charge is -2.31. The second kappa shape index (κ2) is 12.6. The Kier molecular flexibility index (Phi) is 9.26. The summed E-state index contributed by atoms with van der Waals surface area (Å²) in [4.78, 5) is 9.14. The summed E-state index contributed by atoms with van der Waals surface area (Å²) in [6.07, 6.45) is 9.84. The summed E-state index contributed by atoms with van der Waals surface area (Å²) >= 11 is 6.46. The van der Waals surface area contributed by atoms with Crippen LogP contribution in [-0.4, -0.2) is 71.8 Å². The van der Waals surface area contributed by atoms with Crippen LogP contribution in [0, 0.1) is 5.92 Å². The van der Waals surface area contributed by atoms with Crippen LogP contribution < -0.4 is 16.0 Å². The fraction of sp³-hybridized carbons (Fsp3) is 0.667. The number of halogens is 1. The van der Waals surface area contributed by atoms with E-state index in [1.54, 1.807) is 19.5 Å². The van der Waals surface area contributed by atoms with E-state index in [2.05, 4.69) is 38.1 Å². The fourth-order valence-electron chi connectivity index (χ4n) is 4.71. The number of rotatable bonds is 10. The van der Waals surface area contributed by atoms with Crippen LogP contribution in [-0.2, 0) is 9.47 Å². The van der Waals surface area contributed by atoms with E-state index in [4.69, 9.17) is 26.1 Å². The molecule has 4 rings (SSSR count). The van der Waals surface area contributed by atoms with Crippen molar-refractivity contribution < 1.29 is 9.47 Å². The van der Waals surface area contributed by atoms with Crippen LogP contribution in [0.2, 0.25) is 5.02 Å². The molecule has 9 nitrogen and oxygen atoms in total. The molecule has 1 atom stereocenters. The van der Waals surface area contributed by atoms with Crippen LogP contribution in [0.15, 0.2) is 18.5 Å². The monoisotopic (exact) mass is 489 g/mol. The normalized spacial score (nSPS) is 22.3. The first kappa shape index (κ1) is 25.0. The van der Waals surface area contributed by atoms with Gasteiger partial charge in [0.15, 0.2) is 0 Å². The molecule has 1 saturated carbocycles. The Balaban J connectivity index is 1.34. The summed E-state index contributed by atoms with van der Waals surface area (Å²) in [5.74, 6) is 1.91. The van der Waals surface area contributed by atoms with E-state index >= 15 is 0 Å². The van der Waals surface area contributed by atoms with Gasteiger partial charge in [0, 0.05) is 50.6 Å². The molecule has 3 N–H and O–H groups in total. The minimum atomic E-state index is 0.345. The molecule has 3 heterocycles. The highest BCUT2D eigenvalue weighted by Gasteiger charge is 2.23. The van der Waals surface area contributed by atoms with Crippen molar-refractivity contribution in [1.29, 1.82) is 0 Å². The highest BCUT2D eigenvalue weighted by Crippen LogP contribution is 2.28. The van der Waals surface area contributed by atoms with E-state index < -0.39 is 0 Å². The van der Waals surface area contributed by atoms with Crippen LogP contribution in [0.1, 0.15) is 45.4 Å². The molecule has 0 unspecified atom stereocenters. The molecule has 2 aliphatic rings. The zero-order valence-electron chi connectivity index (χ0n) is 20.1. The molecule has 1 aliphatic heterocycles. The Labute approximate surface area is 206 Å². The third-order valence-corrected chi connectivity index (χ3v) is 6.86. The van der Waals surface area contributed by atoms with Gasteiger partial charge in [-0.1, -0.05) is 11.6 Å². The Hall–Kier alpha value is -2.07. The Morgan fingerprint density at radius 3 is 2.65 bits per heavy atom. The molecule has 0 spiro atoms. The highest BCUT2D eigenvalue weighted by atomic mass is 35.5. The van der Waals surface area contributed by atoms with Crippen LogP contribution in [0.4, 0.5) is 11.8 Å². The first-order valence-corrected chi connectivity index (χ1v) is 12.7. The number of hydrogen-bond acceptors (Lipinski definition) is 9. The fourth-order valence-corrected chi connectivity index (χ4v) is 4.91. The number of anilines is 2. The van der Waals surface area contributed by atoms with Gasteiger partial charge < -0.3 is 25.4 Å². The summed E-state index contributed by atoms with van der Waals surface area (Å²) in [6.45, 7) is 5.41. The minimum Gasteiger partial charge on any atom is -0.383 e. The van der Waals surface area contributed by atoms with Gasteiger partial charge in [-0.15, -0.1) is 5.10 Å². The van der Waals surface area contributed by atoms with Crippen molar-refractivity contribution in [3.63, 3.8) is 0 Å². The molecular formula is C24H36ClN7O2. The van der Waals surface area contributed by atoms with Gasteiger partial charge in [-0.25, -0.2) is 9.97 Å². The van der Waals surface area contributed by atoms with Gasteiger partial charge in [0.25, 0.3) is 0 Å². The molecule has 10 heteroatoms. The highest BCUT2D eigenvalue weighted by molar-refractivity contribution is 6.32. The van der Waals surface area contributed by atoms with Gasteiger partial charge in [0.2, 0.25) is 5.95 Å². The van der Waals surface area contributed by atoms with Crippen LogP contribution >= 0.6 is 11.6 Å². The second-order valence-corrected chi connectivity index (χ2v) is 9.78. The predicted molar refractivity (Wildman–Crippen MR) is 134 cm³/mol. The summed E-state index contributed by atoms with van der Waals surface area (Å²) in [6, 6.07) is 3.19. The maximum atomic E-state index is 6.46. The standard InChI is InChI=1S/C24H36ClN7O2/c1-16(15-33-2)29-19-3-5-20(6-4-19)30-24-27-14-21(25)23(31-24)18-11-22(32-28-13-18)26-12-17-7-9-34-10-8-17/h11,13-14,16-17,19-20,29H,3-10,12,15H2,1-2H3,(H,26,32)(H,27,30,31)/t16-,19?,20?/m0/s1. The summed E-state index contributed by atoms with van der Waals surface area (Å²) in [5, 5.41) is 19.4. The van der Waals surface area contributed by atoms with Crippen molar-refractivity contribution in [2.45, 2.75) is 63.6 Å². The smallest absolute Gasteiger partial charge is 0.223 e. The lowest BCUT2D eigenvalue weighted by atomic mass is 9.91.